The number of aliphatic hydroxyl groups is 1. The van der Waals surface area contributed by atoms with Crippen molar-refractivity contribution in [2.75, 3.05) is 19.6 Å². The van der Waals surface area contributed by atoms with Crippen molar-refractivity contribution in [2.24, 2.45) is 0 Å². The zero-order valence-electron chi connectivity index (χ0n) is 26.0. The van der Waals surface area contributed by atoms with Gasteiger partial charge in [0.2, 0.25) is 5.91 Å². The van der Waals surface area contributed by atoms with E-state index >= 15 is 0 Å². The Bertz CT molecular complexity index is 1370. The number of aliphatic carboxylic acids is 1. The van der Waals surface area contributed by atoms with Gasteiger partial charge in [-0.2, -0.15) is 0 Å². The van der Waals surface area contributed by atoms with Crippen molar-refractivity contribution in [3.05, 3.63) is 95.1 Å². The molecule has 2 heterocycles. The van der Waals surface area contributed by atoms with E-state index < -0.39 is 12.3 Å². The molecule has 2 aliphatic heterocycles. The number of hydrogen-bond acceptors (Lipinski definition) is 6. The fraction of sp³-hybridized carbons (Fsp3) is 0.459. The third kappa shape index (κ3) is 9.96. The maximum atomic E-state index is 12.1. The molecule has 2 fully saturated rings. The average Bonchev–Trinajstić information content (AvgIpc) is 3.05. The van der Waals surface area contributed by atoms with E-state index in [1.54, 1.807) is 0 Å². The summed E-state index contributed by atoms with van der Waals surface area (Å²) in [6, 6.07) is 24.4. The summed E-state index contributed by atoms with van der Waals surface area (Å²) in [7, 11) is 0. The lowest BCUT2D eigenvalue weighted by molar-refractivity contribution is -0.253. The van der Waals surface area contributed by atoms with Gasteiger partial charge in [0, 0.05) is 37.9 Å². The minimum atomic E-state index is -0.889. The van der Waals surface area contributed by atoms with Crippen LogP contribution < -0.4 is 5.32 Å². The number of nitrogens with zero attached hydrogens (tertiary/aromatic N) is 1. The number of rotatable bonds is 12. The van der Waals surface area contributed by atoms with Crippen LogP contribution in [-0.2, 0) is 32.2 Å². The number of carbonyl (C=O) groups is 2. The number of hydrogen-bond donors (Lipinski definition) is 3. The first-order valence-electron chi connectivity index (χ1n) is 16.4. The molecule has 3 N–H and O–H groups in total. The number of likely N-dealkylation sites (tertiary alicyclic amines) is 1. The lowest BCUT2D eigenvalue weighted by Crippen LogP contribution is -2.40. The number of ether oxygens (including phenoxy) is 2. The molecule has 1 amide bonds. The number of benzene rings is 3. The molecule has 240 valence electrons. The minimum absolute atomic E-state index is 0.00663. The summed E-state index contributed by atoms with van der Waals surface area (Å²) in [6.07, 6.45) is 7.16. The maximum Gasteiger partial charge on any atom is 0.303 e. The Kier molecular flexibility index (Phi) is 12.2. The topological polar surface area (TPSA) is 108 Å². The van der Waals surface area contributed by atoms with E-state index in [0.717, 1.165) is 59.4 Å². The summed E-state index contributed by atoms with van der Waals surface area (Å²) in [5.41, 5.74) is 6.03. The summed E-state index contributed by atoms with van der Waals surface area (Å²) < 4.78 is 13.2. The highest BCUT2D eigenvalue weighted by Crippen LogP contribution is 2.39. The van der Waals surface area contributed by atoms with E-state index in [1.165, 1.54) is 32.1 Å². The van der Waals surface area contributed by atoms with Gasteiger partial charge in [0.25, 0.3) is 0 Å². The number of aliphatic hydroxyl groups excluding tert-OH is 1. The number of amides is 1. The lowest BCUT2D eigenvalue weighted by Gasteiger charge is -2.38. The molecule has 0 radical (unpaired) electrons. The van der Waals surface area contributed by atoms with E-state index in [-0.39, 0.29) is 37.6 Å². The summed E-state index contributed by atoms with van der Waals surface area (Å²) in [6.45, 7) is 3.53. The Hall–Kier alpha value is -3.56. The van der Waals surface area contributed by atoms with E-state index in [4.69, 9.17) is 14.6 Å². The van der Waals surface area contributed by atoms with E-state index in [2.05, 4.69) is 52.7 Å². The highest BCUT2D eigenvalue weighted by atomic mass is 16.7. The van der Waals surface area contributed by atoms with Gasteiger partial charge in [-0.1, -0.05) is 86.0 Å². The molecular formula is C37H46N2O6. The molecule has 3 aromatic carbocycles. The molecule has 5 rings (SSSR count). The highest BCUT2D eigenvalue weighted by molar-refractivity contribution is 5.76. The fourth-order valence-corrected chi connectivity index (χ4v) is 6.20. The molecular weight excluding hydrogens is 568 g/mol. The zero-order valence-corrected chi connectivity index (χ0v) is 26.0. The molecule has 0 spiro atoms. The molecule has 2 aliphatic rings. The van der Waals surface area contributed by atoms with Crippen LogP contribution in [0.25, 0.3) is 11.1 Å². The fourth-order valence-electron chi connectivity index (χ4n) is 6.20. The van der Waals surface area contributed by atoms with Gasteiger partial charge < -0.3 is 29.9 Å². The van der Waals surface area contributed by atoms with Gasteiger partial charge in [-0.3, -0.25) is 9.59 Å². The standard InChI is InChI=1S/C37H46N2O6/c40-26-27-12-14-30(15-13-27)34-23-33(25-39-20-4-2-1-3-5-21-39)44-37(45-34)31-18-16-29(17-19-31)32-9-6-8-28(22-32)24-38-35(41)10-7-11-36(42)43/h6,8-9,12-19,22,33-34,37,40H,1-5,7,10-11,20-21,23-26H2,(H,38,41)(H,42,43). The van der Waals surface area contributed by atoms with Crippen molar-refractivity contribution < 1.29 is 29.3 Å². The van der Waals surface area contributed by atoms with Gasteiger partial charge >= 0.3 is 5.97 Å². The third-order valence-electron chi connectivity index (χ3n) is 8.75. The van der Waals surface area contributed by atoms with Crippen molar-refractivity contribution in [1.29, 1.82) is 0 Å². The molecule has 8 heteroatoms. The highest BCUT2D eigenvalue weighted by Gasteiger charge is 2.33. The molecule has 0 bridgehead atoms. The predicted octanol–water partition coefficient (Wildman–Crippen LogP) is 6.53. The summed E-state index contributed by atoms with van der Waals surface area (Å²) in [4.78, 5) is 25.4. The second kappa shape index (κ2) is 16.7. The zero-order chi connectivity index (χ0) is 31.4. The van der Waals surface area contributed by atoms with Crippen LogP contribution in [0.15, 0.2) is 72.8 Å². The first-order valence-corrected chi connectivity index (χ1v) is 16.4. The summed E-state index contributed by atoms with van der Waals surface area (Å²) in [5.74, 6) is -1.04. The predicted molar refractivity (Wildman–Crippen MR) is 173 cm³/mol. The van der Waals surface area contributed by atoms with Gasteiger partial charge in [-0.15, -0.1) is 0 Å². The van der Waals surface area contributed by atoms with Gasteiger partial charge in [-0.05, 0) is 66.2 Å². The lowest BCUT2D eigenvalue weighted by atomic mass is 9.98. The van der Waals surface area contributed by atoms with Crippen molar-refractivity contribution in [2.45, 2.75) is 89.4 Å². The quantitative estimate of drug-likeness (QED) is 0.213. The number of carboxylic acid groups (broad SMARTS) is 1. The maximum absolute atomic E-state index is 12.1. The van der Waals surface area contributed by atoms with Crippen molar-refractivity contribution in [3.8, 4) is 11.1 Å². The Morgan fingerprint density at radius 1 is 0.800 bits per heavy atom. The summed E-state index contributed by atoms with van der Waals surface area (Å²) in [5, 5.41) is 21.2. The molecule has 45 heavy (non-hydrogen) atoms. The van der Waals surface area contributed by atoms with E-state index in [0.29, 0.717) is 13.0 Å². The largest absolute Gasteiger partial charge is 0.481 e. The van der Waals surface area contributed by atoms with Gasteiger partial charge in [-0.25, -0.2) is 0 Å². The summed E-state index contributed by atoms with van der Waals surface area (Å²) >= 11 is 0. The molecule has 3 unspecified atom stereocenters. The van der Waals surface area contributed by atoms with Crippen molar-refractivity contribution >= 4 is 11.9 Å². The van der Waals surface area contributed by atoms with E-state index in [1.807, 2.05) is 30.3 Å². The van der Waals surface area contributed by atoms with Crippen LogP contribution >= 0.6 is 0 Å². The van der Waals surface area contributed by atoms with Crippen LogP contribution in [0.5, 0.6) is 0 Å². The first kappa shape index (κ1) is 32.8. The van der Waals surface area contributed by atoms with Crippen molar-refractivity contribution in [3.63, 3.8) is 0 Å². The Morgan fingerprint density at radius 3 is 2.22 bits per heavy atom. The second-order valence-corrected chi connectivity index (χ2v) is 12.3. The van der Waals surface area contributed by atoms with Gasteiger partial charge in [0.1, 0.15) is 0 Å². The number of carboxylic acids is 1. The number of carbonyl (C=O) groups excluding carboxylic acids is 1. The molecule has 0 saturated carbocycles. The molecule has 3 aromatic rings. The van der Waals surface area contributed by atoms with Crippen LogP contribution in [0.1, 0.15) is 92.4 Å². The smallest absolute Gasteiger partial charge is 0.303 e. The first-order chi connectivity index (χ1) is 22.0. The molecule has 0 aliphatic carbocycles. The average molecular weight is 615 g/mol. The van der Waals surface area contributed by atoms with Crippen LogP contribution in [-0.4, -0.2) is 52.7 Å². The molecule has 8 nitrogen and oxygen atoms in total. The molecule has 0 aromatic heterocycles. The second-order valence-electron chi connectivity index (χ2n) is 12.3. The Balaban J connectivity index is 1.26. The SMILES string of the molecule is O=C(O)CCCC(=O)NCc1cccc(-c2ccc(C3OC(CN4CCCCCCC4)CC(c4ccc(CO)cc4)O3)cc2)c1. The van der Waals surface area contributed by atoms with E-state index in [9.17, 15) is 14.7 Å². The monoisotopic (exact) mass is 614 g/mol. The Morgan fingerprint density at radius 2 is 1.51 bits per heavy atom. The van der Waals surface area contributed by atoms with Crippen molar-refractivity contribution in [1.82, 2.24) is 10.2 Å². The minimum Gasteiger partial charge on any atom is -0.481 e. The molecule has 3 atom stereocenters. The number of nitrogens with one attached hydrogen (secondary N) is 1. The third-order valence-corrected chi connectivity index (χ3v) is 8.75. The van der Waals surface area contributed by atoms with Crippen LogP contribution in [0, 0.1) is 0 Å². The van der Waals surface area contributed by atoms with Crippen LogP contribution in [0.4, 0.5) is 0 Å². The molecule has 2 saturated heterocycles. The Labute approximate surface area is 266 Å². The van der Waals surface area contributed by atoms with Crippen LogP contribution in [0.2, 0.25) is 0 Å². The van der Waals surface area contributed by atoms with Crippen LogP contribution in [0.3, 0.4) is 0 Å². The normalized spacial score (nSPS) is 21.0. The van der Waals surface area contributed by atoms with Gasteiger partial charge in [0.15, 0.2) is 6.29 Å². The van der Waals surface area contributed by atoms with Gasteiger partial charge in [0.05, 0.1) is 18.8 Å².